The van der Waals surface area contributed by atoms with Crippen LogP contribution in [0.3, 0.4) is 0 Å². The number of nitrogens with zero attached hydrogens (tertiary/aromatic N) is 1. The Labute approximate surface area is 116 Å². The van der Waals surface area contributed by atoms with Crippen molar-refractivity contribution in [2.24, 2.45) is 24.8 Å². The molecule has 1 aliphatic carbocycles. The Morgan fingerprint density at radius 1 is 1.30 bits per heavy atom. The van der Waals surface area contributed by atoms with E-state index < -0.39 is 17.8 Å². The summed E-state index contributed by atoms with van der Waals surface area (Å²) in [6.07, 6.45) is 2.63. The predicted octanol–water partition coefficient (Wildman–Crippen LogP) is 1.07. The molecule has 6 nitrogen and oxygen atoms in total. The zero-order chi connectivity index (χ0) is 14.9. The van der Waals surface area contributed by atoms with Gasteiger partial charge in [-0.05, 0) is 24.8 Å². The van der Waals surface area contributed by atoms with Gasteiger partial charge in [-0.15, -0.1) is 0 Å². The number of nitrogens with one attached hydrogen (secondary N) is 1. The Kier molecular flexibility index (Phi) is 3.92. The molecule has 0 aromatic carbocycles. The summed E-state index contributed by atoms with van der Waals surface area (Å²) in [6.45, 7) is 1.95. The smallest absolute Gasteiger partial charge is 0.307 e. The molecule has 2 rings (SSSR count). The van der Waals surface area contributed by atoms with Crippen LogP contribution >= 0.6 is 0 Å². The number of carbonyl (C=O) groups is 2. The highest BCUT2D eigenvalue weighted by atomic mass is 16.4. The Hall–Kier alpha value is -2.11. The highest BCUT2D eigenvalue weighted by Crippen LogP contribution is 2.37. The number of carboxylic acid groups (broad SMARTS) is 1. The first-order valence-electron chi connectivity index (χ1n) is 6.59. The minimum atomic E-state index is -0.921. The van der Waals surface area contributed by atoms with E-state index in [1.54, 1.807) is 7.05 Å². The third-order valence-electron chi connectivity index (χ3n) is 3.81. The van der Waals surface area contributed by atoms with Crippen LogP contribution in [0.2, 0.25) is 0 Å². The van der Waals surface area contributed by atoms with E-state index in [0.29, 0.717) is 18.5 Å². The van der Waals surface area contributed by atoms with Gasteiger partial charge in [0.15, 0.2) is 0 Å². The fourth-order valence-corrected chi connectivity index (χ4v) is 2.76. The molecule has 0 radical (unpaired) electrons. The highest BCUT2D eigenvalue weighted by Gasteiger charge is 2.41. The molecule has 1 saturated carbocycles. The quantitative estimate of drug-likeness (QED) is 0.865. The number of hydrogen-bond acceptors (Lipinski definition) is 3. The summed E-state index contributed by atoms with van der Waals surface area (Å²) in [5.74, 6) is -2.13. The van der Waals surface area contributed by atoms with E-state index in [9.17, 15) is 19.5 Å². The molecule has 1 aromatic heterocycles. The van der Waals surface area contributed by atoms with Crippen LogP contribution in [0.15, 0.2) is 23.1 Å². The van der Waals surface area contributed by atoms with Gasteiger partial charge in [-0.1, -0.05) is 6.92 Å². The van der Waals surface area contributed by atoms with E-state index in [0.717, 1.165) is 0 Å². The molecular weight excluding hydrogens is 260 g/mol. The number of carboxylic acids is 1. The standard InChI is InChI=1S/C14H18N2O4/c1-8-5-10(11(6-8)14(19)20)13(18)15-9-3-4-12(17)16(2)7-9/h3-4,7-8,10-11H,5-6H2,1-2H3,(H,15,18)(H,19,20)/t8?,10-,11+/m0/s1. The minimum absolute atomic E-state index is 0.166. The van der Waals surface area contributed by atoms with Gasteiger partial charge in [0.2, 0.25) is 11.5 Å². The lowest BCUT2D eigenvalue weighted by molar-refractivity contribution is -0.145. The highest BCUT2D eigenvalue weighted by molar-refractivity contribution is 5.95. The lowest BCUT2D eigenvalue weighted by atomic mass is 9.95. The largest absolute Gasteiger partial charge is 0.481 e. The predicted molar refractivity (Wildman–Crippen MR) is 73.3 cm³/mol. The molecule has 1 aromatic rings. The third-order valence-corrected chi connectivity index (χ3v) is 3.81. The van der Waals surface area contributed by atoms with Gasteiger partial charge < -0.3 is 15.0 Å². The van der Waals surface area contributed by atoms with Crippen molar-refractivity contribution in [1.82, 2.24) is 4.57 Å². The molecule has 108 valence electrons. The lowest BCUT2D eigenvalue weighted by Crippen LogP contribution is -2.30. The van der Waals surface area contributed by atoms with E-state index in [4.69, 9.17) is 0 Å². The Morgan fingerprint density at radius 3 is 2.55 bits per heavy atom. The SMILES string of the molecule is CC1C[C@H](C(=O)Nc2ccc(=O)n(C)c2)[C@H](C(=O)O)C1. The van der Waals surface area contributed by atoms with Crippen LogP contribution in [0, 0.1) is 17.8 Å². The maximum absolute atomic E-state index is 12.2. The van der Waals surface area contributed by atoms with Crippen LogP contribution in [0.25, 0.3) is 0 Å². The summed E-state index contributed by atoms with van der Waals surface area (Å²) in [7, 11) is 1.59. The molecule has 1 fully saturated rings. The van der Waals surface area contributed by atoms with E-state index in [2.05, 4.69) is 5.32 Å². The number of rotatable bonds is 3. The topological polar surface area (TPSA) is 88.4 Å². The van der Waals surface area contributed by atoms with Crippen molar-refractivity contribution in [2.75, 3.05) is 5.32 Å². The van der Waals surface area contributed by atoms with Gasteiger partial charge in [0.05, 0.1) is 17.5 Å². The van der Waals surface area contributed by atoms with Gasteiger partial charge in [-0.3, -0.25) is 14.4 Å². The van der Waals surface area contributed by atoms with Crippen molar-refractivity contribution in [3.63, 3.8) is 0 Å². The maximum atomic E-state index is 12.2. The molecule has 20 heavy (non-hydrogen) atoms. The first kappa shape index (κ1) is 14.3. The molecular formula is C14H18N2O4. The number of anilines is 1. The van der Waals surface area contributed by atoms with Crippen LogP contribution in [-0.2, 0) is 16.6 Å². The fraction of sp³-hybridized carbons (Fsp3) is 0.500. The average Bonchev–Trinajstić information content (AvgIpc) is 2.76. The van der Waals surface area contributed by atoms with Crippen molar-refractivity contribution in [2.45, 2.75) is 19.8 Å². The summed E-state index contributed by atoms with van der Waals surface area (Å²) >= 11 is 0. The molecule has 0 spiro atoms. The number of pyridine rings is 1. The fourth-order valence-electron chi connectivity index (χ4n) is 2.76. The van der Waals surface area contributed by atoms with Crippen LogP contribution in [0.1, 0.15) is 19.8 Å². The second-order valence-corrected chi connectivity index (χ2v) is 5.48. The molecule has 0 saturated heterocycles. The molecule has 2 N–H and O–H groups in total. The van der Waals surface area contributed by atoms with Crippen LogP contribution in [0.5, 0.6) is 0 Å². The van der Waals surface area contributed by atoms with Crippen LogP contribution in [0.4, 0.5) is 5.69 Å². The Balaban J connectivity index is 2.13. The van der Waals surface area contributed by atoms with Gasteiger partial charge in [0.1, 0.15) is 0 Å². The second-order valence-electron chi connectivity index (χ2n) is 5.48. The van der Waals surface area contributed by atoms with Crippen molar-refractivity contribution >= 4 is 17.6 Å². The first-order valence-corrected chi connectivity index (χ1v) is 6.59. The Morgan fingerprint density at radius 2 is 1.95 bits per heavy atom. The van der Waals surface area contributed by atoms with Crippen molar-refractivity contribution in [1.29, 1.82) is 0 Å². The number of carbonyl (C=O) groups excluding carboxylic acids is 1. The molecule has 1 aliphatic rings. The summed E-state index contributed by atoms with van der Waals surface area (Å²) in [5.41, 5.74) is 0.335. The van der Waals surface area contributed by atoms with E-state index in [1.165, 1.54) is 22.9 Å². The van der Waals surface area contributed by atoms with Gasteiger partial charge in [-0.25, -0.2) is 0 Å². The molecule has 0 aliphatic heterocycles. The molecule has 1 amide bonds. The molecule has 3 atom stereocenters. The summed E-state index contributed by atoms with van der Waals surface area (Å²) < 4.78 is 1.36. The summed E-state index contributed by atoms with van der Waals surface area (Å²) in [4.78, 5) is 34.7. The zero-order valence-electron chi connectivity index (χ0n) is 11.5. The van der Waals surface area contributed by atoms with Crippen LogP contribution in [-0.4, -0.2) is 21.6 Å². The first-order chi connectivity index (χ1) is 9.38. The van der Waals surface area contributed by atoms with Crippen molar-refractivity contribution in [3.05, 3.63) is 28.7 Å². The van der Waals surface area contributed by atoms with Gasteiger partial charge >= 0.3 is 5.97 Å². The number of aromatic nitrogens is 1. The Bertz CT molecular complexity index is 593. The molecule has 6 heteroatoms. The minimum Gasteiger partial charge on any atom is -0.481 e. The lowest BCUT2D eigenvalue weighted by Gasteiger charge is -2.15. The van der Waals surface area contributed by atoms with Crippen molar-refractivity contribution in [3.8, 4) is 0 Å². The van der Waals surface area contributed by atoms with Crippen molar-refractivity contribution < 1.29 is 14.7 Å². The third kappa shape index (κ3) is 2.89. The number of amides is 1. The molecule has 0 bridgehead atoms. The maximum Gasteiger partial charge on any atom is 0.307 e. The summed E-state index contributed by atoms with van der Waals surface area (Å²) in [6, 6.07) is 2.88. The zero-order valence-corrected chi connectivity index (χ0v) is 11.5. The van der Waals surface area contributed by atoms with E-state index >= 15 is 0 Å². The van der Waals surface area contributed by atoms with E-state index in [1.807, 2.05) is 6.92 Å². The number of aliphatic carboxylic acids is 1. The normalized spacial score (nSPS) is 25.4. The molecule has 1 heterocycles. The van der Waals surface area contributed by atoms with Gasteiger partial charge in [0.25, 0.3) is 0 Å². The number of aryl methyl sites for hydroxylation is 1. The number of hydrogen-bond donors (Lipinski definition) is 2. The average molecular weight is 278 g/mol. The van der Waals surface area contributed by atoms with Crippen LogP contribution < -0.4 is 10.9 Å². The summed E-state index contributed by atoms with van der Waals surface area (Å²) in [5, 5.41) is 11.9. The van der Waals surface area contributed by atoms with Gasteiger partial charge in [0, 0.05) is 19.3 Å². The second kappa shape index (κ2) is 5.48. The monoisotopic (exact) mass is 278 g/mol. The van der Waals surface area contributed by atoms with Gasteiger partial charge in [-0.2, -0.15) is 0 Å². The molecule has 1 unspecified atom stereocenters. The van der Waals surface area contributed by atoms with E-state index in [-0.39, 0.29) is 17.4 Å².